The number of carbonyl (C=O) groups is 3. The Morgan fingerprint density at radius 3 is 2.29 bits per heavy atom. The Bertz CT molecular complexity index is 770. The Morgan fingerprint density at radius 2 is 1.71 bits per heavy atom. The van der Waals surface area contributed by atoms with Crippen LogP contribution in [0.3, 0.4) is 0 Å². The van der Waals surface area contributed by atoms with E-state index in [1.54, 1.807) is 25.5 Å². The second-order valence-corrected chi connectivity index (χ2v) is 8.17. The van der Waals surface area contributed by atoms with Gasteiger partial charge in [0.2, 0.25) is 5.91 Å². The number of aromatic nitrogens is 1. The lowest BCUT2D eigenvalue weighted by atomic mass is 9.88. The minimum absolute atomic E-state index is 0.0650. The van der Waals surface area contributed by atoms with Crippen molar-refractivity contribution in [2.75, 3.05) is 13.2 Å². The van der Waals surface area contributed by atoms with Crippen molar-refractivity contribution in [3.05, 3.63) is 22.5 Å². The molecule has 0 radical (unpaired) electrons. The molecule has 0 bridgehead atoms. The number of Topliss-reactive ketones (excluding diaryl/α,β-unsaturated/α-hetero) is 1. The minimum atomic E-state index is -0.415. The summed E-state index contributed by atoms with van der Waals surface area (Å²) in [5.74, 6) is -0.290. The molecule has 0 saturated heterocycles. The SMILES string of the molecule is CCOC(=O)c1c(C)c(C(=O)CN(C(=O)C2CCCCC2)C2CC2)c(C)n1C. The first-order chi connectivity index (χ1) is 13.4. The van der Waals surface area contributed by atoms with Crippen molar-refractivity contribution >= 4 is 17.7 Å². The van der Waals surface area contributed by atoms with Gasteiger partial charge in [0.25, 0.3) is 0 Å². The minimum Gasteiger partial charge on any atom is -0.461 e. The molecular weight excluding hydrogens is 356 g/mol. The number of rotatable bonds is 7. The maximum atomic E-state index is 13.2. The van der Waals surface area contributed by atoms with Crippen molar-refractivity contribution in [3.63, 3.8) is 0 Å². The van der Waals surface area contributed by atoms with Crippen molar-refractivity contribution < 1.29 is 19.1 Å². The molecule has 0 atom stereocenters. The molecule has 2 aliphatic rings. The highest BCUT2D eigenvalue weighted by molar-refractivity contribution is 6.04. The van der Waals surface area contributed by atoms with Gasteiger partial charge in [-0.3, -0.25) is 9.59 Å². The molecule has 6 heteroatoms. The molecule has 154 valence electrons. The third kappa shape index (κ3) is 4.01. The monoisotopic (exact) mass is 388 g/mol. The van der Waals surface area contributed by atoms with Crippen molar-refractivity contribution in [1.82, 2.24) is 9.47 Å². The normalized spacial score (nSPS) is 17.4. The molecule has 3 rings (SSSR count). The predicted octanol–water partition coefficient (Wildman–Crippen LogP) is 3.57. The second-order valence-electron chi connectivity index (χ2n) is 8.17. The first kappa shape index (κ1) is 20.6. The van der Waals surface area contributed by atoms with Crippen LogP contribution in [0.25, 0.3) is 0 Å². The van der Waals surface area contributed by atoms with E-state index in [1.807, 2.05) is 11.8 Å². The largest absolute Gasteiger partial charge is 0.461 e. The number of ketones is 1. The summed E-state index contributed by atoms with van der Waals surface area (Å²) in [5.41, 5.74) is 2.35. The van der Waals surface area contributed by atoms with Gasteiger partial charge >= 0.3 is 5.97 Å². The third-order valence-corrected chi connectivity index (χ3v) is 6.22. The van der Waals surface area contributed by atoms with Gasteiger partial charge < -0.3 is 14.2 Å². The van der Waals surface area contributed by atoms with Crippen LogP contribution in [0.2, 0.25) is 0 Å². The van der Waals surface area contributed by atoms with Crippen LogP contribution >= 0.6 is 0 Å². The number of ether oxygens (including phenoxy) is 1. The highest BCUT2D eigenvalue weighted by Gasteiger charge is 2.38. The van der Waals surface area contributed by atoms with Gasteiger partial charge in [0.15, 0.2) is 5.78 Å². The van der Waals surface area contributed by atoms with E-state index in [4.69, 9.17) is 4.74 Å². The highest BCUT2D eigenvalue weighted by Crippen LogP contribution is 2.33. The van der Waals surface area contributed by atoms with Crippen LogP contribution in [-0.2, 0) is 16.6 Å². The summed E-state index contributed by atoms with van der Waals surface area (Å²) in [6, 6.07) is 0.201. The van der Waals surface area contributed by atoms with E-state index in [2.05, 4.69) is 0 Å². The highest BCUT2D eigenvalue weighted by atomic mass is 16.5. The molecule has 28 heavy (non-hydrogen) atoms. The maximum Gasteiger partial charge on any atom is 0.355 e. The average Bonchev–Trinajstić information content (AvgIpc) is 3.48. The molecule has 1 amide bonds. The summed E-state index contributed by atoms with van der Waals surface area (Å²) in [4.78, 5) is 40.4. The van der Waals surface area contributed by atoms with E-state index in [1.165, 1.54) is 6.42 Å². The molecule has 1 aromatic heterocycles. The smallest absolute Gasteiger partial charge is 0.355 e. The summed E-state index contributed by atoms with van der Waals surface area (Å²) in [5, 5.41) is 0. The van der Waals surface area contributed by atoms with E-state index in [0.29, 0.717) is 16.8 Å². The first-order valence-corrected chi connectivity index (χ1v) is 10.5. The quantitative estimate of drug-likeness (QED) is 0.529. The maximum absolute atomic E-state index is 13.2. The molecule has 6 nitrogen and oxygen atoms in total. The molecule has 0 N–H and O–H groups in total. The molecule has 0 aliphatic heterocycles. The van der Waals surface area contributed by atoms with E-state index in [-0.39, 0.29) is 36.8 Å². The van der Waals surface area contributed by atoms with Gasteiger partial charge in [-0.05, 0) is 52.0 Å². The Morgan fingerprint density at radius 1 is 1.07 bits per heavy atom. The molecule has 2 fully saturated rings. The Labute approximate surface area is 167 Å². The lowest BCUT2D eigenvalue weighted by Gasteiger charge is -2.29. The van der Waals surface area contributed by atoms with Crippen LogP contribution in [0.15, 0.2) is 0 Å². The van der Waals surface area contributed by atoms with Crippen molar-refractivity contribution in [2.45, 2.75) is 71.8 Å². The zero-order valence-corrected chi connectivity index (χ0v) is 17.5. The Balaban J connectivity index is 1.82. The van der Waals surface area contributed by atoms with Gasteiger partial charge in [-0.2, -0.15) is 0 Å². The fourth-order valence-electron chi connectivity index (χ4n) is 4.47. The third-order valence-electron chi connectivity index (χ3n) is 6.22. The zero-order chi connectivity index (χ0) is 20.4. The van der Waals surface area contributed by atoms with Crippen LogP contribution < -0.4 is 0 Å². The summed E-state index contributed by atoms with van der Waals surface area (Å²) in [6.45, 7) is 5.79. The molecular formula is C22H32N2O4. The fraction of sp³-hybridized carbons (Fsp3) is 0.682. The lowest BCUT2D eigenvalue weighted by Crippen LogP contribution is -2.42. The predicted molar refractivity (Wildman–Crippen MR) is 106 cm³/mol. The van der Waals surface area contributed by atoms with E-state index in [9.17, 15) is 14.4 Å². The number of carbonyl (C=O) groups excluding carboxylic acids is 3. The zero-order valence-electron chi connectivity index (χ0n) is 17.5. The molecule has 1 heterocycles. The van der Waals surface area contributed by atoms with E-state index >= 15 is 0 Å². The number of amides is 1. The van der Waals surface area contributed by atoms with Gasteiger partial charge in [-0.15, -0.1) is 0 Å². The topological polar surface area (TPSA) is 68.6 Å². The van der Waals surface area contributed by atoms with Gasteiger partial charge in [-0.1, -0.05) is 19.3 Å². The first-order valence-electron chi connectivity index (χ1n) is 10.5. The second kappa shape index (κ2) is 8.50. The van der Waals surface area contributed by atoms with Crippen molar-refractivity contribution in [3.8, 4) is 0 Å². The van der Waals surface area contributed by atoms with E-state index < -0.39 is 5.97 Å². The molecule has 0 spiro atoms. The molecule has 0 unspecified atom stereocenters. The van der Waals surface area contributed by atoms with Crippen LogP contribution in [0.1, 0.15) is 84.0 Å². The van der Waals surface area contributed by atoms with Crippen LogP contribution in [0, 0.1) is 19.8 Å². The van der Waals surface area contributed by atoms with Gasteiger partial charge in [0, 0.05) is 30.3 Å². The van der Waals surface area contributed by atoms with Crippen LogP contribution in [0.5, 0.6) is 0 Å². The van der Waals surface area contributed by atoms with Gasteiger partial charge in [-0.25, -0.2) is 4.79 Å². The van der Waals surface area contributed by atoms with Gasteiger partial charge in [0.05, 0.1) is 13.2 Å². The lowest BCUT2D eigenvalue weighted by molar-refractivity contribution is -0.136. The number of esters is 1. The standard InChI is InChI=1S/C22H32N2O4/c1-5-28-22(27)20-14(2)19(15(3)23(20)4)18(25)13-24(17-11-12-17)21(26)16-9-7-6-8-10-16/h16-17H,5-13H2,1-4H3. The summed E-state index contributed by atoms with van der Waals surface area (Å²) < 4.78 is 6.88. The summed E-state index contributed by atoms with van der Waals surface area (Å²) in [6.07, 6.45) is 7.23. The number of nitrogens with zero attached hydrogens (tertiary/aromatic N) is 2. The Hall–Kier alpha value is -2.11. The molecule has 0 aromatic carbocycles. The summed E-state index contributed by atoms with van der Waals surface area (Å²) in [7, 11) is 1.78. The van der Waals surface area contributed by atoms with E-state index in [0.717, 1.165) is 44.2 Å². The molecule has 2 saturated carbocycles. The number of hydrogen-bond acceptors (Lipinski definition) is 4. The average molecular weight is 389 g/mol. The van der Waals surface area contributed by atoms with Crippen LogP contribution in [0.4, 0.5) is 0 Å². The Kier molecular flexibility index (Phi) is 6.26. The van der Waals surface area contributed by atoms with Crippen molar-refractivity contribution in [2.24, 2.45) is 13.0 Å². The molecule has 2 aliphatic carbocycles. The fourth-order valence-corrected chi connectivity index (χ4v) is 4.47. The summed E-state index contributed by atoms with van der Waals surface area (Å²) >= 11 is 0. The van der Waals surface area contributed by atoms with Crippen LogP contribution in [-0.4, -0.2) is 46.3 Å². The molecule has 1 aromatic rings. The van der Waals surface area contributed by atoms with Crippen molar-refractivity contribution in [1.29, 1.82) is 0 Å². The number of hydrogen-bond donors (Lipinski definition) is 0. The van der Waals surface area contributed by atoms with Gasteiger partial charge in [0.1, 0.15) is 5.69 Å².